The molecule has 0 radical (unpaired) electrons. The number of aryl methyl sites for hydroxylation is 1. The van der Waals surface area contributed by atoms with Gasteiger partial charge in [0.1, 0.15) is 0 Å². The van der Waals surface area contributed by atoms with Gasteiger partial charge in [0.2, 0.25) is 0 Å². The Kier molecular flexibility index (Phi) is 3.00. The summed E-state index contributed by atoms with van der Waals surface area (Å²) in [4.78, 5) is 5.41. The summed E-state index contributed by atoms with van der Waals surface area (Å²) < 4.78 is 1.74. The van der Waals surface area contributed by atoms with Crippen LogP contribution in [0.4, 0.5) is 5.13 Å². The molecule has 0 aliphatic rings. The van der Waals surface area contributed by atoms with E-state index in [-0.39, 0.29) is 0 Å². The van der Waals surface area contributed by atoms with E-state index in [1.807, 2.05) is 37.5 Å². The molecule has 1 aromatic carbocycles. The van der Waals surface area contributed by atoms with Crippen LogP contribution in [0.5, 0.6) is 0 Å². The van der Waals surface area contributed by atoms with Gasteiger partial charge in [0, 0.05) is 23.8 Å². The largest absolute Gasteiger partial charge is 0.375 e. The number of thiazole rings is 1. The number of nitrogens with zero attached hydrogens (tertiary/aromatic N) is 3. The molecule has 0 amide bonds. The van der Waals surface area contributed by atoms with E-state index in [1.165, 1.54) is 11.3 Å². The summed E-state index contributed by atoms with van der Waals surface area (Å²) in [6.45, 7) is 0. The summed E-state index contributed by atoms with van der Waals surface area (Å²) >= 11 is 7.49. The second-order valence-corrected chi connectivity index (χ2v) is 5.61. The molecule has 2 heterocycles. The highest BCUT2D eigenvalue weighted by atomic mass is 35.5. The lowest BCUT2D eigenvalue weighted by atomic mass is 10.1. The molecule has 0 fully saturated rings. The molecule has 0 spiro atoms. The predicted molar refractivity (Wildman–Crippen MR) is 79.2 cm³/mol. The molecule has 0 unspecified atom stereocenters. The Bertz CT molecular complexity index is 732. The standard InChI is InChI=1S/C13H11ClN4S/c1-18-7-9(6-16-18)11-12(19-13(15)17-11)8-3-2-4-10(14)5-8/h2-7H,1H3,(H2,15,17). The molecule has 0 saturated carbocycles. The number of hydrogen-bond donors (Lipinski definition) is 1. The van der Waals surface area contributed by atoms with Gasteiger partial charge < -0.3 is 5.73 Å². The molecule has 2 N–H and O–H groups in total. The summed E-state index contributed by atoms with van der Waals surface area (Å²) in [5.41, 5.74) is 8.66. The van der Waals surface area contributed by atoms with Gasteiger partial charge in [-0.05, 0) is 17.7 Å². The molecule has 0 aliphatic carbocycles. The molecular weight excluding hydrogens is 280 g/mol. The third kappa shape index (κ3) is 2.34. The minimum absolute atomic E-state index is 0.536. The summed E-state index contributed by atoms with van der Waals surface area (Å²) in [6.07, 6.45) is 3.70. The van der Waals surface area contributed by atoms with Crippen LogP contribution in [0.2, 0.25) is 5.02 Å². The van der Waals surface area contributed by atoms with E-state index in [4.69, 9.17) is 17.3 Å². The van der Waals surface area contributed by atoms with E-state index < -0.39 is 0 Å². The molecule has 4 nitrogen and oxygen atoms in total. The normalized spacial score (nSPS) is 10.8. The molecule has 0 atom stereocenters. The molecule has 0 aliphatic heterocycles. The topological polar surface area (TPSA) is 56.7 Å². The molecule has 3 aromatic rings. The van der Waals surface area contributed by atoms with Crippen LogP contribution in [0.25, 0.3) is 21.7 Å². The van der Waals surface area contributed by atoms with Gasteiger partial charge in [0.15, 0.2) is 5.13 Å². The lowest BCUT2D eigenvalue weighted by Gasteiger charge is -2.00. The van der Waals surface area contributed by atoms with Gasteiger partial charge in [0.25, 0.3) is 0 Å². The molecule has 96 valence electrons. The van der Waals surface area contributed by atoms with Gasteiger partial charge in [0.05, 0.1) is 16.8 Å². The fourth-order valence-electron chi connectivity index (χ4n) is 1.90. The Morgan fingerprint density at radius 2 is 2.16 bits per heavy atom. The van der Waals surface area contributed by atoms with E-state index in [0.29, 0.717) is 10.2 Å². The van der Waals surface area contributed by atoms with Gasteiger partial charge >= 0.3 is 0 Å². The van der Waals surface area contributed by atoms with Crippen molar-refractivity contribution in [1.29, 1.82) is 0 Å². The van der Waals surface area contributed by atoms with Crippen LogP contribution in [-0.2, 0) is 7.05 Å². The lowest BCUT2D eigenvalue weighted by molar-refractivity contribution is 0.768. The zero-order valence-corrected chi connectivity index (χ0v) is 11.7. The molecule has 0 bridgehead atoms. The fraction of sp³-hybridized carbons (Fsp3) is 0.0769. The zero-order chi connectivity index (χ0) is 13.4. The van der Waals surface area contributed by atoms with Gasteiger partial charge in [-0.3, -0.25) is 4.68 Å². The third-order valence-corrected chi connectivity index (χ3v) is 3.88. The average molecular weight is 291 g/mol. The van der Waals surface area contributed by atoms with Crippen LogP contribution in [0, 0.1) is 0 Å². The van der Waals surface area contributed by atoms with Crippen molar-refractivity contribution in [2.45, 2.75) is 0 Å². The maximum absolute atomic E-state index is 6.04. The first-order valence-electron chi connectivity index (χ1n) is 5.65. The maximum atomic E-state index is 6.04. The van der Waals surface area contributed by atoms with Gasteiger partial charge in [-0.2, -0.15) is 5.10 Å². The summed E-state index contributed by atoms with van der Waals surface area (Å²) in [7, 11) is 1.87. The van der Waals surface area contributed by atoms with Crippen molar-refractivity contribution in [3.63, 3.8) is 0 Å². The number of anilines is 1. The summed E-state index contributed by atoms with van der Waals surface area (Å²) in [5.74, 6) is 0. The zero-order valence-electron chi connectivity index (χ0n) is 10.2. The molecule has 3 rings (SSSR count). The number of nitrogen functional groups attached to an aromatic ring is 1. The van der Waals surface area contributed by atoms with Gasteiger partial charge in [-0.25, -0.2) is 4.98 Å². The fourth-order valence-corrected chi connectivity index (χ4v) is 2.94. The van der Waals surface area contributed by atoms with Crippen LogP contribution in [0.15, 0.2) is 36.7 Å². The number of halogens is 1. The van der Waals surface area contributed by atoms with Crippen molar-refractivity contribution in [3.8, 4) is 21.7 Å². The van der Waals surface area contributed by atoms with Crippen molar-refractivity contribution >= 4 is 28.1 Å². The van der Waals surface area contributed by atoms with E-state index in [0.717, 1.165) is 21.7 Å². The second kappa shape index (κ2) is 4.68. The van der Waals surface area contributed by atoms with Crippen molar-refractivity contribution < 1.29 is 0 Å². The number of hydrogen-bond acceptors (Lipinski definition) is 4. The highest BCUT2D eigenvalue weighted by Gasteiger charge is 2.15. The first-order chi connectivity index (χ1) is 9.13. The Morgan fingerprint density at radius 1 is 1.32 bits per heavy atom. The minimum atomic E-state index is 0.536. The number of nitrogens with two attached hydrogens (primary N) is 1. The summed E-state index contributed by atoms with van der Waals surface area (Å²) in [5, 5.41) is 5.40. The second-order valence-electron chi connectivity index (χ2n) is 4.14. The third-order valence-electron chi connectivity index (χ3n) is 2.71. The van der Waals surface area contributed by atoms with Crippen LogP contribution in [0.1, 0.15) is 0 Å². The molecular formula is C13H11ClN4S. The summed E-state index contributed by atoms with van der Waals surface area (Å²) in [6, 6.07) is 7.67. The predicted octanol–water partition coefficient (Wildman–Crippen LogP) is 3.45. The molecule has 2 aromatic heterocycles. The molecule has 19 heavy (non-hydrogen) atoms. The lowest BCUT2D eigenvalue weighted by Crippen LogP contribution is -1.85. The Morgan fingerprint density at radius 3 is 2.84 bits per heavy atom. The number of benzene rings is 1. The van der Waals surface area contributed by atoms with E-state index >= 15 is 0 Å². The van der Waals surface area contributed by atoms with Crippen molar-refractivity contribution in [3.05, 3.63) is 41.7 Å². The molecule has 6 heteroatoms. The quantitative estimate of drug-likeness (QED) is 0.786. The highest BCUT2D eigenvalue weighted by molar-refractivity contribution is 7.19. The molecule has 0 saturated heterocycles. The first-order valence-corrected chi connectivity index (χ1v) is 6.84. The van der Waals surface area contributed by atoms with Crippen LogP contribution < -0.4 is 5.73 Å². The van der Waals surface area contributed by atoms with Crippen LogP contribution in [-0.4, -0.2) is 14.8 Å². The monoisotopic (exact) mass is 290 g/mol. The smallest absolute Gasteiger partial charge is 0.181 e. The van der Waals surface area contributed by atoms with Gasteiger partial charge in [-0.1, -0.05) is 35.1 Å². The number of rotatable bonds is 2. The van der Waals surface area contributed by atoms with E-state index in [2.05, 4.69) is 10.1 Å². The van der Waals surface area contributed by atoms with E-state index in [9.17, 15) is 0 Å². The Labute approximate surface area is 119 Å². The minimum Gasteiger partial charge on any atom is -0.375 e. The van der Waals surface area contributed by atoms with Gasteiger partial charge in [-0.15, -0.1) is 0 Å². The van der Waals surface area contributed by atoms with Crippen LogP contribution >= 0.6 is 22.9 Å². The highest BCUT2D eigenvalue weighted by Crippen LogP contribution is 2.38. The van der Waals surface area contributed by atoms with Crippen molar-refractivity contribution in [2.24, 2.45) is 7.05 Å². The Balaban J connectivity index is 2.17. The SMILES string of the molecule is Cn1cc(-c2nc(N)sc2-c2cccc(Cl)c2)cn1. The van der Waals surface area contributed by atoms with E-state index in [1.54, 1.807) is 10.9 Å². The number of aromatic nitrogens is 3. The Hall–Kier alpha value is -1.85. The maximum Gasteiger partial charge on any atom is 0.181 e. The average Bonchev–Trinajstić information content (AvgIpc) is 2.95. The van der Waals surface area contributed by atoms with Crippen LogP contribution in [0.3, 0.4) is 0 Å². The van der Waals surface area contributed by atoms with Crippen molar-refractivity contribution in [1.82, 2.24) is 14.8 Å². The van der Waals surface area contributed by atoms with Crippen molar-refractivity contribution in [2.75, 3.05) is 5.73 Å². The first kappa shape index (κ1) is 12.2.